The van der Waals surface area contributed by atoms with E-state index < -0.39 is 0 Å². The summed E-state index contributed by atoms with van der Waals surface area (Å²) >= 11 is 0. The minimum atomic E-state index is -0.263. The maximum Gasteiger partial charge on any atom is 0.337 e. The lowest BCUT2D eigenvalue weighted by molar-refractivity contribution is -0.138. The third kappa shape index (κ3) is 2.16. The van der Waals surface area contributed by atoms with Crippen LogP contribution in [-0.4, -0.2) is 12.6 Å². The lowest BCUT2D eigenvalue weighted by Gasteiger charge is -2.00. The first kappa shape index (κ1) is 10.8. The Morgan fingerprint density at radius 1 is 1.50 bits per heavy atom. The number of hydrogen-bond acceptors (Lipinski definition) is 3. The first-order valence-corrected chi connectivity index (χ1v) is 4.77. The van der Waals surface area contributed by atoms with E-state index in [4.69, 9.17) is 9.47 Å². The molecular formula is C11H16O3. The number of carbonyl (C=O) groups excluding carboxylic acids is 1. The molecule has 0 unspecified atom stereocenters. The monoisotopic (exact) mass is 196 g/mol. The average Bonchev–Trinajstić information content (AvgIpc) is 2.48. The summed E-state index contributed by atoms with van der Waals surface area (Å²) in [6.07, 6.45) is 0.562. The highest BCUT2D eigenvalue weighted by Crippen LogP contribution is 2.30. The summed E-state index contributed by atoms with van der Waals surface area (Å²) in [7, 11) is 0. The van der Waals surface area contributed by atoms with Crippen molar-refractivity contribution in [2.24, 2.45) is 0 Å². The predicted octanol–water partition coefficient (Wildman–Crippen LogP) is 2.54. The fourth-order valence-corrected chi connectivity index (χ4v) is 1.28. The minimum Gasteiger partial charge on any atom is -0.466 e. The van der Waals surface area contributed by atoms with Gasteiger partial charge < -0.3 is 9.47 Å². The molecule has 0 saturated heterocycles. The van der Waals surface area contributed by atoms with Gasteiger partial charge in [-0.15, -0.1) is 0 Å². The second-order valence-corrected chi connectivity index (χ2v) is 3.46. The molecule has 0 N–H and O–H groups in total. The Hall–Kier alpha value is -1.25. The quantitative estimate of drug-likeness (QED) is 0.637. The molecule has 0 spiro atoms. The standard InChI is InChI=1S/C11H16O3/c1-5-13-11(12)9-6-10(7(2)3)14-8(9)4/h5-6H2,1-4H3. The third-order valence-electron chi connectivity index (χ3n) is 2.12. The first-order chi connectivity index (χ1) is 6.56. The Morgan fingerprint density at radius 2 is 2.14 bits per heavy atom. The Balaban J connectivity index is 2.78. The van der Waals surface area contributed by atoms with Crippen molar-refractivity contribution in [2.75, 3.05) is 6.61 Å². The summed E-state index contributed by atoms with van der Waals surface area (Å²) in [6.45, 7) is 7.93. The number of rotatable bonds is 2. The molecule has 1 rings (SSSR count). The smallest absolute Gasteiger partial charge is 0.337 e. The van der Waals surface area contributed by atoms with Gasteiger partial charge in [0.15, 0.2) is 0 Å². The van der Waals surface area contributed by atoms with Crippen molar-refractivity contribution in [2.45, 2.75) is 34.1 Å². The molecule has 1 aliphatic rings. The second-order valence-electron chi connectivity index (χ2n) is 3.46. The van der Waals surface area contributed by atoms with Gasteiger partial charge in [-0.25, -0.2) is 4.79 Å². The first-order valence-electron chi connectivity index (χ1n) is 4.77. The molecule has 0 aromatic rings. The van der Waals surface area contributed by atoms with E-state index in [-0.39, 0.29) is 5.97 Å². The molecule has 0 fully saturated rings. The number of allylic oxidation sites excluding steroid dienone is 3. The van der Waals surface area contributed by atoms with Crippen molar-refractivity contribution < 1.29 is 14.3 Å². The van der Waals surface area contributed by atoms with Crippen LogP contribution >= 0.6 is 0 Å². The summed E-state index contributed by atoms with van der Waals surface area (Å²) in [5.41, 5.74) is 1.74. The summed E-state index contributed by atoms with van der Waals surface area (Å²) in [5.74, 6) is 1.27. The van der Waals surface area contributed by atoms with Crippen molar-refractivity contribution in [1.29, 1.82) is 0 Å². The van der Waals surface area contributed by atoms with E-state index in [1.807, 2.05) is 13.8 Å². The van der Waals surface area contributed by atoms with Crippen molar-refractivity contribution in [1.82, 2.24) is 0 Å². The maximum absolute atomic E-state index is 11.4. The predicted molar refractivity (Wildman–Crippen MR) is 53.4 cm³/mol. The van der Waals surface area contributed by atoms with E-state index in [9.17, 15) is 4.79 Å². The van der Waals surface area contributed by atoms with Crippen molar-refractivity contribution >= 4 is 5.97 Å². The van der Waals surface area contributed by atoms with Gasteiger partial charge in [0.25, 0.3) is 0 Å². The van der Waals surface area contributed by atoms with Crippen LogP contribution in [0.25, 0.3) is 0 Å². The van der Waals surface area contributed by atoms with Gasteiger partial charge in [0.2, 0.25) is 0 Å². The average molecular weight is 196 g/mol. The van der Waals surface area contributed by atoms with Gasteiger partial charge in [0, 0.05) is 6.42 Å². The van der Waals surface area contributed by atoms with E-state index in [2.05, 4.69) is 0 Å². The van der Waals surface area contributed by atoms with Crippen LogP contribution in [0, 0.1) is 0 Å². The highest BCUT2D eigenvalue weighted by molar-refractivity contribution is 5.90. The molecule has 0 amide bonds. The van der Waals surface area contributed by atoms with Gasteiger partial charge >= 0.3 is 5.97 Å². The Labute approximate surface area is 84.4 Å². The summed E-state index contributed by atoms with van der Waals surface area (Å²) < 4.78 is 10.4. The largest absolute Gasteiger partial charge is 0.466 e. The zero-order valence-electron chi connectivity index (χ0n) is 9.14. The van der Waals surface area contributed by atoms with Crippen LogP contribution in [0.5, 0.6) is 0 Å². The number of carbonyl (C=O) groups is 1. The maximum atomic E-state index is 11.4. The van der Waals surface area contributed by atoms with Crippen LogP contribution in [0.4, 0.5) is 0 Å². The normalized spacial score (nSPS) is 15.6. The fraction of sp³-hybridized carbons (Fsp3) is 0.545. The highest BCUT2D eigenvalue weighted by atomic mass is 16.5. The van der Waals surface area contributed by atoms with Gasteiger partial charge in [0.05, 0.1) is 12.2 Å². The molecule has 3 nitrogen and oxygen atoms in total. The number of ether oxygens (including phenoxy) is 2. The lowest BCUT2D eigenvalue weighted by atomic mass is 10.1. The Bertz CT molecular complexity index is 306. The molecule has 0 saturated carbocycles. The van der Waals surface area contributed by atoms with Crippen LogP contribution in [0.2, 0.25) is 0 Å². The molecule has 0 radical (unpaired) electrons. The van der Waals surface area contributed by atoms with E-state index in [1.165, 1.54) is 0 Å². The fourth-order valence-electron chi connectivity index (χ4n) is 1.28. The van der Waals surface area contributed by atoms with Crippen LogP contribution in [0.1, 0.15) is 34.1 Å². The molecule has 0 atom stereocenters. The molecule has 1 aliphatic heterocycles. The molecule has 0 bridgehead atoms. The SMILES string of the molecule is CCOC(=O)C1=C(C)OC(=C(C)C)C1. The molecule has 14 heavy (non-hydrogen) atoms. The lowest BCUT2D eigenvalue weighted by Crippen LogP contribution is -2.07. The summed E-state index contributed by atoms with van der Waals surface area (Å²) in [5, 5.41) is 0. The van der Waals surface area contributed by atoms with Crippen molar-refractivity contribution in [3.63, 3.8) is 0 Å². The van der Waals surface area contributed by atoms with Crippen LogP contribution in [0.15, 0.2) is 22.7 Å². The molecular weight excluding hydrogens is 180 g/mol. The zero-order valence-corrected chi connectivity index (χ0v) is 9.14. The van der Waals surface area contributed by atoms with Crippen LogP contribution in [-0.2, 0) is 14.3 Å². The van der Waals surface area contributed by atoms with Gasteiger partial charge in [-0.1, -0.05) is 0 Å². The van der Waals surface area contributed by atoms with Gasteiger partial charge in [0.1, 0.15) is 11.5 Å². The Morgan fingerprint density at radius 3 is 2.57 bits per heavy atom. The van der Waals surface area contributed by atoms with Crippen LogP contribution < -0.4 is 0 Å². The van der Waals surface area contributed by atoms with E-state index in [0.717, 1.165) is 11.3 Å². The van der Waals surface area contributed by atoms with Gasteiger partial charge in [-0.2, -0.15) is 0 Å². The summed E-state index contributed by atoms with van der Waals surface area (Å²) in [4.78, 5) is 11.4. The second kappa shape index (κ2) is 4.31. The highest BCUT2D eigenvalue weighted by Gasteiger charge is 2.25. The van der Waals surface area contributed by atoms with Crippen molar-refractivity contribution in [3.05, 3.63) is 22.7 Å². The Kier molecular flexibility index (Phi) is 3.33. The molecule has 0 aromatic carbocycles. The van der Waals surface area contributed by atoms with E-state index >= 15 is 0 Å². The van der Waals surface area contributed by atoms with E-state index in [1.54, 1.807) is 13.8 Å². The molecule has 0 aliphatic carbocycles. The topological polar surface area (TPSA) is 35.5 Å². The molecule has 0 aromatic heterocycles. The van der Waals surface area contributed by atoms with Gasteiger partial charge in [-0.05, 0) is 33.3 Å². The third-order valence-corrected chi connectivity index (χ3v) is 2.12. The zero-order chi connectivity index (χ0) is 10.7. The molecule has 78 valence electrons. The summed E-state index contributed by atoms with van der Waals surface area (Å²) in [6, 6.07) is 0. The number of esters is 1. The minimum absolute atomic E-state index is 0.263. The number of hydrogen-bond donors (Lipinski definition) is 0. The van der Waals surface area contributed by atoms with Gasteiger partial charge in [-0.3, -0.25) is 0 Å². The molecule has 3 heteroatoms. The van der Waals surface area contributed by atoms with Crippen LogP contribution in [0.3, 0.4) is 0 Å². The molecule has 1 heterocycles. The van der Waals surface area contributed by atoms with E-state index in [0.29, 0.717) is 24.4 Å². The van der Waals surface area contributed by atoms with Crippen molar-refractivity contribution in [3.8, 4) is 0 Å².